The number of nitrogens with one attached hydrogen (secondary N) is 2. The second-order valence-electron chi connectivity index (χ2n) is 6.66. The summed E-state index contributed by atoms with van der Waals surface area (Å²) >= 11 is 0. The first kappa shape index (κ1) is 17.0. The smallest absolute Gasteiger partial charge is 0.272 e. The summed E-state index contributed by atoms with van der Waals surface area (Å²) in [6.07, 6.45) is 0.0470. The third-order valence-electron chi connectivity index (χ3n) is 4.28. The van der Waals surface area contributed by atoms with Crippen molar-refractivity contribution in [1.29, 1.82) is 0 Å². The Morgan fingerprint density at radius 2 is 1.96 bits per heavy atom. The molecule has 0 unspecified atom stereocenters. The number of rotatable bonds is 4. The molecule has 0 aliphatic heterocycles. The van der Waals surface area contributed by atoms with E-state index in [-0.39, 0.29) is 23.8 Å². The van der Waals surface area contributed by atoms with Crippen molar-refractivity contribution in [3.8, 4) is 0 Å². The van der Waals surface area contributed by atoms with E-state index >= 15 is 0 Å². The van der Waals surface area contributed by atoms with Crippen molar-refractivity contribution >= 4 is 33.5 Å². The highest BCUT2D eigenvalue weighted by molar-refractivity contribution is 5.96. The summed E-state index contributed by atoms with van der Waals surface area (Å²) in [6.45, 7) is 4.02. The number of aromatic nitrogens is 3. The second kappa shape index (κ2) is 6.68. The molecule has 0 bridgehead atoms. The number of amides is 1. The Hall–Kier alpha value is -3.48. The van der Waals surface area contributed by atoms with E-state index in [1.54, 1.807) is 36.4 Å². The summed E-state index contributed by atoms with van der Waals surface area (Å²) < 4.78 is 5.68. The zero-order valence-corrected chi connectivity index (χ0v) is 14.9. The maximum Gasteiger partial charge on any atom is 0.272 e. The normalized spacial score (nSPS) is 11.4. The monoisotopic (exact) mass is 362 g/mol. The van der Waals surface area contributed by atoms with Crippen LogP contribution in [0.25, 0.3) is 21.9 Å². The topological polar surface area (TPSA) is 101 Å². The maximum atomic E-state index is 12.5. The molecule has 27 heavy (non-hydrogen) atoms. The number of benzene rings is 2. The van der Waals surface area contributed by atoms with Crippen LogP contribution in [0.5, 0.6) is 0 Å². The highest BCUT2D eigenvalue weighted by Gasteiger charge is 2.13. The van der Waals surface area contributed by atoms with Gasteiger partial charge in [-0.15, -0.1) is 0 Å². The zero-order valence-electron chi connectivity index (χ0n) is 14.9. The first-order valence-electron chi connectivity index (χ1n) is 8.68. The number of aromatic amines is 1. The minimum Gasteiger partial charge on any atom is -0.440 e. The van der Waals surface area contributed by atoms with Crippen LogP contribution in [0.1, 0.15) is 31.4 Å². The molecule has 136 valence electrons. The van der Waals surface area contributed by atoms with Gasteiger partial charge in [-0.1, -0.05) is 32.0 Å². The Balaban J connectivity index is 1.57. The van der Waals surface area contributed by atoms with Gasteiger partial charge >= 0.3 is 0 Å². The average Bonchev–Trinajstić information content (AvgIpc) is 3.08. The van der Waals surface area contributed by atoms with Gasteiger partial charge in [0.15, 0.2) is 11.5 Å². The maximum absolute atomic E-state index is 12.5. The second-order valence-corrected chi connectivity index (χ2v) is 6.66. The summed E-state index contributed by atoms with van der Waals surface area (Å²) in [6, 6.07) is 12.4. The lowest BCUT2D eigenvalue weighted by Gasteiger charge is -2.06. The zero-order chi connectivity index (χ0) is 19.0. The molecule has 2 aromatic heterocycles. The molecule has 0 radical (unpaired) electrons. The van der Waals surface area contributed by atoms with Gasteiger partial charge in [0, 0.05) is 17.0 Å². The van der Waals surface area contributed by atoms with Gasteiger partial charge < -0.3 is 9.73 Å². The highest BCUT2D eigenvalue weighted by atomic mass is 16.3. The standard InChI is InChI=1S/C20H18N4O3/c1-11(2)20-22-16-9-12(7-8-17(16)27-20)21-18(25)10-15-13-5-3-4-6-14(13)19(26)24-23-15/h3-9,11H,10H2,1-2H3,(H,21,25)(H,24,26). The van der Waals surface area contributed by atoms with Crippen molar-refractivity contribution in [2.75, 3.05) is 5.32 Å². The number of oxazole rings is 1. The summed E-state index contributed by atoms with van der Waals surface area (Å²) in [5.74, 6) is 0.624. The van der Waals surface area contributed by atoms with E-state index in [4.69, 9.17) is 4.42 Å². The van der Waals surface area contributed by atoms with Gasteiger partial charge in [-0.05, 0) is 24.3 Å². The molecular weight excluding hydrogens is 344 g/mol. The number of carbonyl (C=O) groups excluding carboxylic acids is 1. The Labute approximate surface area is 154 Å². The summed E-state index contributed by atoms with van der Waals surface area (Å²) in [5, 5.41) is 10.5. The van der Waals surface area contributed by atoms with Crippen molar-refractivity contribution in [2.24, 2.45) is 0 Å². The number of fused-ring (bicyclic) bond motifs is 2. The van der Waals surface area contributed by atoms with Gasteiger partial charge in [0.1, 0.15) is 5.52 Å². The number of anilines is 1. The van der Waals surface area contributed by atoms with Gasteiger partial charge in [-0.3, -0.25) is 9.59 Å². The van der Waals surface area contributed by atoms with E-state index in [0.29, 0.717) is 39.1 Å². The van der Waals surface area contributed by atoms with E-state index in [1.807, 2.05) is 19.9 Å². The molecule has 7 heteroatoms. The predicted octanol–water partition coefficient (Wildman–Crippen LogP) is 3.37. The predicted molar refractivity (Wildman–Crippen MR) is 103 cm³/mol. The summed E-state index contributed by atoms with van der Waals surface area (Å²) in [7, 11) is 0. The van der Waals surface area contributed by atoms with Crippen LogP contribution in [0, 0.1) is 0 Å². The first-order chi connectivity index (χ1) is 13.0. The number of hydrogen-bond donors (Lipinski definition) is 2. The van der Waals surface area contributed by atoms with E-state index < -0.39 is 0 Å². The summed E-state index contributed by atoms with van der Waals surface area (Å²) in [4.78, 5) is 28.8. The van der Waals surface area contributed by atoms with Gasteiger partial charge in [0.05, 0.1) is 17.5 Å². The van der Waals surface area contributed by atoms with Crippen molar-refractivity contribution < 1.29 is 9.21 Å². The molecule has 7 nitrogen and oxygen atoms in total. The molecule has 0 aliphatic carbocycles. The third kappa shape index (κ3) is 3.31. The lowest BCUT2D eigenvalue weighted by atomic mass is 10.1. The Kier molecular flexibility index (Phi) is 4.19. The molecule has 0 saturated heterocycles. The van der Waals surface area contributed by atoms with Crippen LogP contribution in [0.3, 0.4) is 0 Å². The molecule has 4 aromatic rings. The van der Waals surface area contributed by atoms with Crippen LogP contribution in [-0.2, 0) is 11.2 Å². The molecular formula is C20H18N4O3. The van der Waals surface area contributed by atoms with Gasteiger partial charge in [0.2, 0.25) is 5.91 Å². The van der Waals surface area contributed by atoms with Gasteiger partial charge in [-0.2, -0.15) is 5.10 Å². The minimum atomic E-state index is -0.271. The van der Waals surface area contributed by atoms with E-state index in [9.17, 15) is 9.59 Å². The fourth-order valence-corrected chi connectivity index (χ4v) is 2.93. The van der Waals surface area contributed by atoms with Crippen molar-refractivity contribution in [2.45, 2.75) is 26.2 Å². The van der Waals surface area contributed by atoms with Crippen molar-refractivity contribution in [1.82, 2.24) is 15.2 Å². The molecule has 0 atom stereocenters. The van der Waals surface area contributed by atoms with Crippen LogP contribution in [0.4, 0.5) is 5.69 Å². The van der Waals surface area contributed by atoms with E-state index in [2.05, 4.69) is 20.5 Å². The molecule has 4 rings (SSSR count). The lowest BCUT2D eigenvalue weighted by Crippen LogP contribution is -2.18. The Morgan fingerprint density at radius 3 is 2.74 bits per heavy atom. The average molecular weight is 362 g/mol. The van der Waals surface area contributed by atoms with Crippen molar-refractivity contribution in [3.05, 3.63) is 64.4 Å². The SMILES string of the molecule is CC(C)c1nc2cc(NC(=O)Cc3n[nH]c(=O)c4ccccc34)ccc2o1. The van der Waals surface area contributed by atoms with Crippen LogP contribution in [-0.4, -0.2) is 21.1 Å². The molecule has 1 amide bonds. The quantitative estimate of drug-likeness (QED) is 0.580. The molecule has 2 heterocycles. The molecule has 2 aromatic carbocycles. The number of hydrogen-bond acceptors (Lipinski definition) is 5. The van der Waals surface area contributed by atoms with Crippen LogP contribution in [0.15, 0.2) is 51.7 Å². The van der Waals surface area contributed by atoms with Crippen LogP contribution in [0.2, 0.25) is 0 Å². The highest BCUT2D eigenvalue weighted by Crippen LogP contribution is 2.24. The molecule has 0 saturated carbocycles. The number of H-pyrrole nitrogens is 1. The van der Waals surface area contributed by atoms with Crippen molar-refractivity contribution in [3.63, 3.8) is 0 Å². The first-order valence-corrected chi connectivity index (χ1v) is 8.68. The minimum absolute atomic E-state index is 0.0470. The van der Waals surface area contributed by atoms with Crippen LogP contribution >= 0.6 is 0 Å². The van der Waals surface area contributed by atoms with E-state index in [0.717, 1.165) is 0 Å². The molecule has 0 spiro atoms. The third-order valence-corrected chi connectivity index (χ3v) is 4.28. The molecule has 0 fully saturated rings. The molecule has 2 N–H and O–H groups in total. The Bertz CT molecular complexity index is 1210. The fraction of sp³-hybridized carbons (Fsp3) is 0.200. The largest absolute Gasteiger partial charge is 0.440 e. The van der Waals surface area contributed by atoms with E-state index in [1.165, 1.54) is 0 Å². The Morgan fingerprint density at radius 1 is 1.19 bits per heavy atom. The fourth-order valence-electron chi connectivity index (χ4n) is 2.93. The van der Waals surface area contributed by atoms with Crippen LogP contribution < -0.4 is 10.9 Å². The van der Waals surface area contributed by atoms with Gasteiger partial charge in [0.25, 0.3) is 5.56 Å². The lowest BCUT2D eigenvalue weighted by molar-refractivity contribution is -0.115. The summed E-state index contributed by atoms with van der Waals surface area (Å²) in [5.41, 5.74) is 2.26. The molecule has 0 aliphatic rings. The van der Waals surface area contributed by atoms with Gasteiger partial charge in [-0.25, -0.2) is 10.1 Å². The number of nitrogens with zero attached hydrogens (tertiary/aromatic N) is 2. The number of carbonyl (C=O) groups is 1.